The van der Waals surface area contributed by atoms with Gasteiger partial charge in [-0.3, -0.25) is 9.59 Å². The van der Waals surface area contributed by atoms with Crippen LogP contribution in [0.3, 0.4) is 0 Å². The Balaban J connectivity index is 1.44. The molecule has 1 aliphatic heterocycles. The van der Waals surface area contributed by atoms with Gasteiger partial charge >= 0.3 is 5.76 Å². The van der Waals surface area contributed by atoms with E-state index < -0.39 is 26.4 Å². The number of nitrogens with one attached hydrogen (secondary N) is 1. The Hall–Kier alpha value is -2.81. The molecule has 160 valence electrons. The first-order valence-electron chi connectivity index (χ1n) is 9.54. The Morgan fingerprint density at radius 2 is 1.70 bits per heavy atom. The number of halogens is 2. The molecular formula is C21H22F2N2O4S. The number of sulfone groups is 1. The highest BCUT2D eigenvalue weighted by molar-refractivity contribution is 7.91. The molecule has 1 heterocycles. The van der Waals surface area contributed by atoms with Crippen molar-refractivity contribution in [1.82, 2.24) is 10.2 Å². The monoisotopic (exact) mass is 436 g/mol. The minimum Gasteiger partial charge on any atom is -0.352 e. The second-order valence-electron chi connectivity index (χ2n) is 7.02. The summed E-state index contributed by atoms with van der Waals surface area (Å²) in [7, 11) is -4.69. The van der Waals surface area contributed by atoms with Gasteiger partial charge in [-0.1, -0.05) is 24.3 Å². The third-order valence-electron chi connectivity index (χ3n) is 5.02. The van der Waals surface area contributed by atoms with E-state index in [1.807, 2.05) is 23.1 Å². The van der Waals surface area contributed by atoms with Crippen LogP contribution in [0.1, 0.15) is 34.3 Å². The molecule has 30 heavy (non-hydrogen) atoms. The van der Waals surface area contributed by atoms with Crippen LogP contribution in [-0.2, 0) is 27.6 Å². The number of benzene rings is 2. The van der Waals surface area contributed by atoms with Crippen molar-refractivity contribution in [3.8, 4) is 0 Å². The molecule has 6 nitrogen and oxygen atoms in total. The minimum atomic E-state index is -4.69. The number of fused-ring (bicyclic) bond motifs is 1. The first-order valence-corrected chi connectivity index (χ1v) is 11.1. The molecule has 0 fully saturated rings. The fourth-order valence-corrected chi connectivity index (χ4v) is 4.03. The molecule has 2 aromatic rings. The summed E-state index contributed by atoms with van der Waals surface area (Å²) in [5.74, 6) is -3.95. The molecule has 0 saturated heterocycles. The van der Waals surface area contributed by atoms with E-state index in [4.69, 9.17) is 0 Å². The number of rotatable bonds is 7. The highest BCUT2D eigenvalue weighted by Crippen LogP contribution is 2.20. The highest BCUT2D eigenvalue weighted by Gasteiger charge is 2.26. The predicted octanol–water partition coefficient (Wildman–Crippen LogP) is 2.78. The second kappa shape index (κ2) is 9.34. The standard InChI is InChI=1S/C21H22F2N2O4S/c22-21(23)30(28,29)18-9-7-16(8-10-18)20(27)24-12-3-6-19(26)25-13-11-15-4-1-2-5-17(15)14-25/h1-2,4-5,7-10,21H,3,6,11-14H2,(H,24,27). The second-order valence-corrected chi connectivity index (χ2v) is 8.94. The topological polar surface area (TPSA) is 83.6 Å². The van der Waals surface area contributed by atoms with Crippen LogP contribution in [0.15, 0.2) is 53.4 Å². The average Bonchev–Trinajstić information content (AvgIpc) is 2.76. The minimum absolute atomic E-state index is 0.0281. The van der Waals surface area contributed by atoms with Gasteiger partial charge in [0.15, 0.2) is 0 Å². The summed E-state index contributed by atoms with van der Waals surface area (Å²) < 4.78 is 47.9. The van der Waals surface area contributed by atoms with Gasteiger partial charge in [0.05, 0.1) is 4.90 Å². The molecule has 0 saturated carbocycles. The van der Waals surface area contributed by atoms with Crippen LogP contribution in [0.4, 0.5) is 8.78 Å². The van der Waals surface area contributed by atoms with Crippen LogP contribution < -0.4 is 5.32 Å². The first kappa shape index (κ1) is 21.9. The van der Waals surface area contributed by atoms with Gasteiger partial charge in [-0.05, 0) is 48.2 Å². The van der Waals surface area contributed by atoms with Gasteiger partial charge < -0.3 is 10.2 Å². The zero-order chi connectivity index (χ0) is 21.7. The Labute approximate surface area is 173 Å². The number of nitrogens with zero attached hydrogens (tertiary/aromatic N) is 1. The van der Waals surface area contributed by atoms with Crippen molar-refractivity contribution in [2.75, 3.05) is 13.1 Å². The van der Waals surface area contributed by atoms with Gasteiger partial charge in [-0.25, -0.2) is 8.42 Å². The number of amides is 2. The molecule has 9 heteroatoms. The van der Waals surface area contributed by atoms with Crippen molar-refractivity contribution in [2.45, 2.75) is 36.5 Å². The SMILES string of the molecule is O=C(NCCCC(=O)N1CCc2ccccc2C1)c1ccc(S(=O)(=O)C(F)F)cc1. The fourth-order valence-electron chi connectivity index (χ4n) is 3.31. The Kier molecular flexibility index (Phi) is 6.81. The van der Waals surface area contributed by atoms with E-state index >= 15 is 0 Å². The summed E-state index contributed by atoms with van der Waals surface area (Å²) >= 11 is 0. The lowest BCUT2D eigenvalue weighted by molar-refractivity contribution is -0.132. The quantitative estimate of drug-likeness (QED) is 0.677. The third kappa shape index (κ3) is 5.02. The number of carbonyl (C=O) groups excluding carboxylic acids is 2. The van der Waals surface area contributed by atoms with E-state index in [9.17, 15) is 26.8 Å². The molecule has 0 spiro atoms. The predicted molar refractivity (Wildman–Crippen MR) is 107 cm³/mol. The number of hydrogen-bond acceptors (Lipinski definition) is 4. The van der Waals surface area contributed by atoms with E-state index in [1.54, 1.807) is 0 Å². The van der Waals surface area contributed by atoms with Crippen LogP contribution in [0.2, 0.25) is 0 Å². The lowest BCUT2D eigenvalue weighted by Gasteiger charge is -2.29. The van der Waals surface area contributed by atoms with Crippen LogP contribution in [0, 0.1) is 0 Å². The van der Waals surface area contributed by atoms with Gasteiger partial charge in [-0.15, -0.1) is 0 Å². The van der Waals surface area contributed by atoms with E-state index in [0.717, 1.165) is 24.1 Å². The lowest BCUT2D eigenvalue weighted by atomic mass is 9.99. The van der Waals surface area contributed by atoms with E-state index in [0.29, 0.717) is 25.9 Å². The van der Waals surface area contributed by atoms with Crippen LogP contribution in [-0.4, -0.2) is 44.0 Å². The third-order valence-corrected chi connectivity index (χ3v) is 6.41. The maximum absolute atomic E-state index is 12.5. The lowest BCUT2D eigenvalue weighted by Crippen LogP contribution is -2.36. The summed E-state index contributed by atoms with van der Waals surface area (Å²) in [6.45, 7) is 1.54. The summed E-state index contributed by atoms with van der Waals surface area (Å²) in [6, 6.07) is 12.4. The number of carbonyl (C=O) groups is 2. The Bertz CT molecular complexity index is 1020. The molecule has 3 rings (SSSR count). The molecule has 0 bridgehead atoms. The van der Waals surface area contributed by atoms with Gasteiger partial charge in [0.1, 0.15) is 0 Å². The smallest absolute Gasteiger partial charge is 0.341 e. The molecule has 0 atom stereocenters. The van der Waals surface area contributed by atoms with Crippen molar-refractivity contribution in [2.24, 2.45) is 0 Å². The zero-order valence-corrected chi connectivity index (χ0v) is 17.0. The largest absolute Gasteiger partial charge is 0.352 e. The molecular weight excluding hydrogens is 414 g/mol. The van der Waals surface area contributed by atoms with Gasteiger partial charge in [-0.2, -0.15) is 8.78 Å². The van der Waals surface area contributed by atoms with E-state index in [2.05, 4.69) is 11.4 Å². The summed E-state index contributed by atoms with van der Waals surface area (Å²) in [6.07, 6.45) is 1.59. The molecule has 0 unspecified atom stereocenters. The zero-order valence-electron chi connectivity index (χ0n) is 16.2. The van der Waals surface area contributed by atoms with Crippen molar-refractivity contribution < 1.29 is 26.8 Å². The van der Waals surface area contributed by atoms with Crippen molar-refractivity contribution in [3.05, 3.63) is 65.2 Å². The number of alkyl halides is 2. The molecule has 0 radical (unpaired) electrons. The van der Waals surface area contributed by atoms with Gasteiger partial charge in [0, 0.05) is 31.6 Å². The van der Waals surface area contributed by atoms with Crippen LogP contribution in [0.5, 0.6) is 0 Å². The van der Waals surface area contributed by atoms with Gasteiger partial charge in [0.2, 0.25) is 15.7 Å². The van der Waals surface area contributed by atoms with Crippen LogP contribution >= 0.6 is 0 Å². The molecule has 2 aromatic carbocycles. The summed E-state index contributed by atoms with van der Waals surface area (Å²) in [5, 5.41) is 2.65. The Morgan fingerprint density at radius 1 is 1.03 bits per heavy atom. The summed E-state index contributed by atoms with van der Waals surface area (Å²) in [5.41, 5.74) is 2.58. The average molecular weight is 436 g/mol. The number of hydrogen-bond donors (Lipinski definition) is 1. The van der Waals surface area contributed by atoms with Crippen molar-refractivity contribution in [1.29, 1.82) is 0 Å². The highest BCUT2D eigenvalue weighted by atomic mass is 32.2. The molecule has 0 aromatic heterocycles. The molecule has 0 aliphatic carbocycles. The normalized spacial score (nSPS) is 13.8. The van der Waals surface area contributed by atoms with Gasteiger partial charge in [0.25, 0.3) is 5.91 Å². The van der Waals surface area contributed by atoms with Crippen molar-refractivity contribution in [3.63, 3.8) is 0 Å². The summed E-state index contributed by atoms with van der Waals surface area (Å²) in [4.78, 5) is 25.8. The first-order chi connectivity index (χ1) is 14.3. The van der Waals surface area contributed by atoms with E-state index in [1.165, 1.54) is 17.7 Å². The molecule has 2 amide bonds. The van der Waals surface area contributed by atoms with E-state index in [-0.39, 0.29) is 18.0 Å². The van der Waals surface area contributed by atoms with Crippen LogP contribution in [0.25, 0.3) is 0 Å². The molecule has 1 aliphatic rings. The maximum Gasteiger partial charge on any atom is 0.341 e. The molecule has 1 N–H and O–H groups in total. The maximum atomic E-state index is 12.5. The fraction of sp³-hybridized carbons (Fsp3) is 0.333. The Morgan fingerprint density at radius 3 is 2.37 bits per heavy atom. The van der Waals surface area contributed by atoms with Crippen molar-refractivity contribution >= 4 is 21.7 Å².